The third kappa shape index (κ3) is 7.45. The van der Waals surface area contributed by atoms with Crippen LogP contribution in [0, 0.1) is 24.2 Å². The molecule has 1 aromatic rings. The van der Waals surface area contributed by atoms with Crippen molar-refractivity contribution in [3.63, 3.8) is 0 Å². The summed E-state index contributed by atoms with van der Waals surface area (Å²) < 4.78 is 0. The summed E-state index contributed by atoms with van der Waals surface area (Å²) in [5, 5.41) is 24.7. The van der Waals surface area contributed by atoms with Crippen LogP contribution in [0.1, 0.15) is 71.5 Å². The first kappa shape index (κ1) is 29.1. The van der Waals surface area contributed by atoms with Gasteiger partial charge in [-0.15, -0.1) is 11.3 Å². The standard InChI is InChI=1S/C28H42N2O4S/c1-17-10-9-11-18(2)26(33)20(4)27(34)28(6,7)24(31)15-25(32)30(8)23(13-12-17)19(3)14-22-16-35-21(5)29-22/h9-10,12,14,16,18,20,23-24,26,31,33H,11,13,15H2,1-8H3/b10-9+,17-12-,19-14+/t18-,20+,23-,24-,26-/m0/s1. The Morgan fingerprint density at radius 2 is 1.86 bits per heavy atom. The third-order valence-corrected chi connectivity index (χ3v) is 8.09. The highest BCUT2D eigenvalue weighted by Gasteiger charge is 2.42. The zero-order valence-electron chi connectivity index (χ0n) is 22.4. The van der Waals surface area contributed by atoms with Gasteiger partial charge in [0.15, 0.2) is 0 Å². The van der Waals surface area contributed by atoms with Crippen molar-refractivity contribution in [1.82, 2.24) is 9.88 Å². The SMILES string of the molecule is CC1=C/C[C@@H](/C(C)=C/c2csc(C)n2)N(C)C(=O)C[C@H](O)C(C)(C)C(=O)[C@H](C)[C@@H](O)[C@@H](C)C\C=C\1. The molecule has 6 nitrogen and oxygen atoms in total. The lowest BCUT2D eigenvalue weighted by molar-refractivity contribution is -0.145. The predicted octanol–water partition coefficient (Wildman–Crippen LogP) is 4.96. The minimum absolute atomic E-state index is 0.119. The number of aliphatic hydroxyl groups is 2. The van der Waals surface area contributed by atoms with Crippen molar-refractivity contribution in [3.05, 3.63) is 45.5 Å². The van der Waals surface area contributed by atoms with Gasteiger partial charge in [-0.05, 0) is 51.2 Å². The average Bonchev–Trinajstić information content (AvgIpc) is 3.20. The van der Waals surface area contributed by atoms with Crippen molar-refractivity contribution < 1.29 is 19.8 Å². The van der Waals surface area contributed by atoms with Crippen molar-refractivity contribution in [2.24, 2.45) is 17.3 Å². The Morgan fingerprint density at radius 3 is 2.46 bits per heavy atom. The molecule has 2 N–H and O–H groups in total. The maximum absolute atomic E-state index is 13.3. The normalized spacial score (nSPS) is 32.3. The molecular weight excluding hydrogens is 460 g/mol. The van der Waals surface area contributed by atoms with Gasteiger partial charge in [-0.2, -0.15) is 0 Å². The number of aromatic nitrogens is 1. The molecule has 194 valence electrons. The molecule has 1 aliphatic rings. The molecule has 0 fully saturated rings. The molecule has 7 heteroatoms. The number of aliphatic hydroxyl groups excluding tert-OH is 2. The molecule has 0 unspecified atom stereocenters. The summed E-state index contributed by atoms with van der Waals surface area (Å²) in [6.45, 7) is 12.9. The molecule has 5 atom stereocenters. The first-order chi connectivity index (χ1) is 16.2. The average molecular weight is 503 g/mol. The third-order valence-electron chi connectivity index (χ3n) is 7.30. The summed E-state index contributed by atoms with van der Waals surface area (Å²) in [5.74, 6) is -1.25. The number of ketones is 1. The van der Waals surface area contributed by atoms with Crippen LogP contribution in [-0.2, 0) is 9.59 Å². The summed E-state index contributed by atoms with van der Waals surface area (Å²) >= 11 is 1.58. The molecule has 0 saturated heterocycles. The maximum Gasteiger partial charge on any atom is 0.225 e. The van der Waals surface area contributed by atoms with Crippen molar-refractivity contribution >= 4 is 29.1 Å². The second kappa shape index (κ2) is 12.2. The van der Waals surface area contributed by atoms with E-state index in [-0.39, 0.29) is 30.1 Å². The van der Waals surface area contributed by atoms with Crippen LogP contribution in [0.5, 0.6) is 0 Å². The van der Waals surface area contributed by atoms with E-state index in [1.807, 2.05) is 51.3 Å². The summed E-state index contributed by atoms with van der Waals surface area (Å²) in [6, 6.07) is -0.216. The molecule has 0 bridgehead atoms. The Morgan fingerprint density at radius 1 is 1.20 bits per heavy atom. The van der Waals surface area contributed by atoms with Crippen LogP contribution in [0.25, 0.3) is 6.08 Å². The Labute approximate surface area is 214 Å². The van der Waals surface area contributed by atoms with Crippen LogP contribution in [-0.4, -0.2) is 57.1 Å². The van der Waals surface area contributed by atoms with Crippen LogP contribution in [0.3, 0.4) is 0 Å². The molecule has 0 aromatic carbocycles. The lowest BCUT2D eigenvalue weighted by atomic mass is 9.73. The number of amides is 1. The smallest absolute Gasteiger partial charge is 0.225 e. The quantitative estimate of drug-likeness (QED) is 0.597. The molecule has 0 aliphatic carbocycles. The number of hydrogen-bond donors (Lipinski definition) is 2. The molecule has 2 rings (SSSR count). The number of rotatable bonds is 2. The first-order valence-electron chi connectivity index (χ1n) is 12.3. The van der Waals surface area contributed by atoms with Crippen molar-refractivity contribution in [2.45, 2.75) is 86.0 Å². The van der Waals surface area contributed by atoms with Crippen LogP contribution in [0.4, 0.5) is 0 Å². The highest BCUT2D eigenvalue weighted by Crippen LogP contribution is 2.32. The van der Waals surface area contributed by atoms with Gasteiger partial charge in [0.2, 0.25) is 5.91 Å². The minimum atomic E-state index is -1.17. The summed E-state index contributed by atoms with van der Waals surface area (Å²) in [5.41, 5.74) is 1.76. The van der Waals surface area contributed by atoms with E-state index in [1.54, 1.807) is 44.1 Å². The summed E-state index contributed by atoms with van der Waals surface area (Å²) in [7, 11) is 1.74. The highest BCUT2D eigenvalue weighted by atomic mass is 32.1. The number of Topliss-reactive ketones (excluding diaryl/α,β-unsaturated/α-hetero) is 1. The number of allylic oxidation sites excluding steroid dienone is 3. The number of carbonyl (C=O) groups excluding carboxylic acids is 2. The molecule has 2 heterocycles. The topological polar surface area (TPSA) is 90.7 Å². The number of carbonyl (C=O) groups is 2. The van der Waals surface area contributed by atoms with Gasteiger partial charge in [-0.25, -0.2) is 4.98 Å². The van der Waals surface area contributed by atoms with E-state index < -0.39 is 23.5 Å². The molecular formula is C28H42N2O4S. The molecule has 0 radical (unpaired) electrons. The van der Waals surface area contributed by atoms with Gasteiger partial charge in [0.05, 0.1) is 40.8 Å². The van der Waals surface area contributed by atoms with E-state index in [4.69, 9.17) is 0 Å². The van der Waals surface area contributed by atoms with Crippen LogP contribution in [0.2, 0.25) is 0 Å². The van der Waals surface area contributed by atoms with Crippen molar-refractivity contribution in [3.8, 4) is 0 Å². The number of aryl methyl sites for hydroxylation is 1. The number of thiazole rings is 1. The van der Waals surface area contributed by atoms with Crippen molar-refractivity contribution in [2.75, 3.05) is 7.05 Å². The highest BCUT2D eigenvalue weighted by molar-refractivity contribution is 7.09. The van der Waals surface area contributed by atoms with E-state index in [2.05, 4.69) is 11.1 Å². The van der Waals surface area contributed by atoms with Crippen LogP contribution in [0.15, 0.2) is 34.8 Å². The van der Waals surface area contributed by atoms with E-state index in [0.29, 0.717) is 12.8 Å². The molecule has 1 aromatic heterocycles. The lowest BCUT2D eigenvalue weighted by Crippen LogP contribution is -2.47. The molecule has 0 spiro atoms. The molecule has 1 aliphatic heterocycles. The van der Waals surface area contributed by atoms with Gasteiger partial charge < -0.3 is 15.1 Å². The van der Waals surface area contributed by atoms with E-state index >= 15 is 0 Å². The fourth-order valence-electron chi connectivity index (χ4n) is 4.54. The fourth-order valence-corrected chi connectivity index (χ4v) is 5.11. The Bertz CT molecular complexity index is 991. The van der Waals surface area contributed by atoms with Crippen LogP contribution < -0.4 is 0 Å². The van der Waals surface area contributed by atoms with Gasteiger partial charge in [0.1, 0.15) is 5.78 Å². The van der Waals surface area contributed by atoms with Gasteiger partial charge in [-0.3, -0.25) is 9.59 Å². The van der Waals surface area contributed by atoms with Crippen LogP contribution >= 0.6 is 11.3 Å². The summed E-state index contributed by atoms with van der Waals surface area (Å²) in [4.78, 5) is 32.7. The Kier molecular flexibility index (Phi) is 10.2. The monoisotopic (exact) mass is 502 g/mol. The Hall–Kier alpha value is -2.09. The van der Waals surface area contributed by atoms with E-state index in [1.165, 1.54) is 0 Å². The minimum Gasteiger partial charge on any atom is -0.392 e. The lowest BCUT2D eigenvalue weighted by Gasteiger charge is -2.36. The second-order valence-electron chi connectivity index (χ2n) is 10.6. The van der Waals surface area contributed by atoms with Gasteiger partial charge in [0.25, 0.3) is 0 Å². The Balaban J connectivity index is 2.45. The fraction of sp³-hybridized carbons (Fsp3) is 0.607. The zero-order chi connectivity index (χ0) is 26.5. The maximum atomic E-state index is 13.3. The number of likely N-dealkylation sites (N-methyl/N-ethyl adjacent to an activating group) is 1. The number of hydrogen-bond acceptors (Lipinski definition) is 6. The van der Waals surface area contributed by atoms with Gasteiger partial charge in [0, 0.05) is 18.3 Å². The molecule has 1 amide bonds. The molecule has 0 saturated carbocycles. The van der Waals surface area contributed by atoms with Gasteiger partial charge in [-0.1, -0.05) is 51.5 Å². The summed E-state index contributed by atoms with van der Waals surface area (Å²) in [6.07, 6.45) is 7.24. The molecule has 35 heavy (non-hydrogen) atoms. The largest absolute Gasteiger partial charge is 0.392 e. The van der Waals surface area contributed by atoms with Crippen molar-refractivity contribution in [1.29, 1.82) is 0 Å². The first-order valence-corrected chi connectivity index (χ1v) is 13.2. The van der Waals surface area contributed by atoms with E-state index in [9.17, 15) is 19.8 Å². The van der Waals surface area contributed by atoms with Gasteiger partial charge >= 0.3 is 0 Å². The zero-order valence-corrected chi connectivity index (χ0v) is 23.2. The predicted molar refractivity (Wildman–Crippen MR) is 143 cm³/mol. The second-order valence-corrected chi connectivity index (χ2v) is 11.6. The number of nitrogens with zero attached hydrogens (tertiary/aromatic N) is 2. The van der Waals surface area contributed by atoms with E-state index in [0.717, 1.165) is 21.8 Å².